The van der Waals surface area contributed by atoms with Gasteiger partial charge in [0.05, 0.1) is 10.4 Å². The number of aryl methyl sites for hydroxylation is 1. The molecule has 6 heteroatoms. The van der Waals surface area contributed by atoms with Crippen molar-refractivity contribution in [1.82, 2.24) is 4.09 Å². The van der Waals surface area contributed by atoms with Crippen LogP contribution >= 0.6 is 23.4 Å². The monoisotopic (exact) mass is 313 g/mol. The van der Waals surface area contributed by atoms with Crippen LogP contribution in [-0.2, 0) is 0 Å². The minimum absolute atomic E-state index is 0.0397. The van der Waals surface area contributed by atoms with Gasteiger partial charge in [-0.05, 0) is 13.0 Å². The van der Waals surface area contributed by atoms with Crippen LogP contribution in [0.3, 0.4) is 0 Å². The van der Waals surface area contributed by atoms with Crippen molar-refractivity contribution in [2.75, 3.05) is 0 Å². The minimum atomic E-state index is -1.34. The van der Waals surface area contributed by atoms with Gasteiger partial charge in [-0.3, -0.25) is 4.79 Å². The highest BCUT2D eigenvalue weighted by Gasteiger charge is 2.19. The van der Waals surface area contributed by atoms with Crippen molar-refractivity contribution in [3.8, 4) is 0 Å². The average Bonchev–Trinajstić information content (AvgIpc) is 3.23. The third-order valence-electron chi connectivity index (χ3n) is 2.78. The molecule has 0 amide bonds. The number of nitrogens with zero attached hydrogens (tertiary/aromatic N) is 1. The second kappa shape index (κ2) is 5.85. The van der Waals surface area contributed by atoms with Gasteiger partial charge in [0, 0.05) is 17.2 Å². The van der Waals surface area contributed by atoms with E-state index in [1.165, 1.54) is 19.3 Å². The summed E-state index contributed by atoms with van der Waals surface area (Å²) < 4.78 is 0.534. The van der Waals surface area contributed by atoms with E-state index in [0.717, 1.165) is 5.56 Å². The van der Waals surface area contributed by atoms with Crippen molar-refractivity contribution in [1.29, 1.82) is 0 Å². The topological polar surface area (TPSA) is 59.3 Å². The van der Waals surface area contributed by atoms with Crippen LogP contribution in [0.15, 0.2) is 23.0 Å². The highest BCUT2D eigenvalue weighted by atomic mass is 35.5. The van der Waals surface area contributed by atoms with Crippen LogP contribution in [-0.4, -0.2) is 15.2 Å². The van der Waals surface area contributed by atoms with Crippen molar-refractivity contribution in [3.05, 3.63) is 44.8 Å². The summed E-state index contributed by atoms with van der Waals surface area (Å²) in [6.07, 6.45) is 4.50. The van der Waals surface area contributed by atoms with Gasteiger partial charge < -0.3 is 5.11 Å². The molecule has 0 spiro atoms. The predicted octanol–water partition coefficient (Wildman–Crippen LogP) is 3.83. The zero-order valence-corrected chi connectivity index (χ0v) is 12.3. The molecule has 106 valence electrons. The zero-order valence-electron chi connectivity index (χ0n) is 10.8. The highest BCUT2D eigenvalue weighted by Crippen LogP contribution is 2.26. The van der Waals surface area contributed by atoms with E-state index in [1.807, 2.05) is 6.92 Å². The molecule has 1 aromatic carbocycles. The Kier molecular flexibility index (Phi) is 4.35. The number of pyridine rings is 1. The SMILES string of the molecule is C1CC1.Cc1ccc2c(Cl)c(C(=O)O)n(Cl)c(=O)c2c1. The maximum atomic E-state index is 11.9. The molecule has 1 N–H and O–H groups in total. The maximum Gasteiger partial charge on any atom is 0.355 e. The fourth-order valence-corrected chi connectivity index (χ4v) is 2.25. The summed E-state index contributed by atoms with van der Waals surface area (Å²) in [5.74, 6) is -1.34. The van der Waals surface area contributed by atoms with E-state index in [-0.39, 0.29) is 5.02 Å². The first-order valence-corrected chi connectivity index (χ1v) is 6.89. The lowest BCUT2D eigenvalue weighted by molar-refractivity contribution is 0.0689. The quantitative estimate of drug-likeness (QED) is 0.870. The van der Waals surface area contributed by atoms with Crippen molar-refractivity contribution in [3.63, 3.8) is 0 Å². The van der Waals surface area contributed by atoms with E-state index in [4.69, 9.17) is 28.5 Å². The number of hydrogen-bond acceptors (Lipinski definition) is 2. The summed E-state index contributed by atoms with van der Waals surface area (Å²) in [6, 6.07) is 4.98. The van der Waals surface area contributed by atoms with Crippen molar-refractivity contribution in [2.24, 2.45) is 0 Å². The van der Waals surface area contributed by atoms with E-state index in [9.17, 15) is 9.59 Å². The van der Waals surface area contributed by atoms with Gasteiger partial charge in [-0.1, -0.05) is 48.6 Å². The van der Waals surface area contributed by atoms with Crippen LogP contribution in [0, 0.1) is 6.92 Å². The molecule has 1 aromatic heterocycles. The van der Waals surface area contributed by atoms with E-state index < -0.39 is 17.2 Å². The number of benzene rings is 1. The van der Waals surface area contributed by atoms with Crippen molar-refractivity contribution in [2.45, 2.75) is 26.2 Å². The zero-order chi connectivity index (χ0) is 14.9. The number of carboxylic acid groups (broad SMARTS) is 1. The predicted molar refractivity (Wildman–Crippen MR) is 80.0 cm³/mol. The van der Waals surface area contributed by atoms with Crippen LogP contribution in [0.2, 0.25) is 5.02 Å². The third kappa shape index (κ3) is 2.97. The molecule has 20 heavy (non-hydrogen) atoms. The lowest BCUT2D eigenvalue weighted by Gasteiger charge is -2.08. The molecule has 1 heterocycles. The number of halogens is 2. The molecule has 1 fully saturated rings. The molecule has 0 saturated heterocycles. The molecule has 0 bridgehead atoms. The second-order valence-electron chi connectivity index (χ2n) is 4.66. The first-order valence-electron chi connectivity index (χ1n) is 6.18. The Morgan fingerprint density at radius 1 is 1.25 bits per heavy atom. The molecule has 1 aliphatic rings. The maximum absolute atomic E-state index is 11.9. The molecule has 0 aliphatic heterocycles. The summed E-state index contributed by atoms with van der Waals surface area (Å²) in [5, 5.41) is 9.60. The number of fused-ring (bicyclic) bond motifs is 1. The Hall–Kier alpha value is -1.52. The molecule has 0 unspecified atom stereocenters. The Morgan fingerprint density at radius 3 is 2.35 bits per heavy atom. The van der Waals surface area contributed by atoms with Crippen LogP contribution in [0.5, 0.6) is 0 Å². The van der Waals surface area contributed by atoms with Gasteiger partial charge >= 0.3 is 5.97 Å². The number of rotatable bonds is 1. The summed E-state index contributed by atoms with van der Waals surface area (Å²) in [5.41, 5.74) is -0.146. The summed E-state index contributed by atoms with van der Waals surface area (Å²) in [4.78, 5) is 22.8. The van der Waals surface area contributed by atoms with Gasteiger partial charge in [0.1, 0.15) is 0 Å². The van der Waals surface area contributed by atoms with Crippen LogP contribution < -0.4 is 5.56 Å². The molecular formula is C14H13Cl2NO3. The van der Waals surface area contributed by atoms with Crippen LogP contribution in [0.1, 0.15) is 35.3 Å². The number of aromatic nitrogens is 1. The number of carbonyl (C=O) groups is 1. The molecule has 2 aromatic rings. The average molecular weight is 314 g/mol. The molecular weight excluding hydrogens is 301 g/mol. The Bertz CT molecular complexity index is 733. The number of carboxylic acids is 1. The lowest BCUT2D eigenvalue weighted by atomic mass is 10.1. The normalized spacial score (nSPS) is 12.8. The summed E-state index contributed by atoms with van der Waals surface area (Å²) in [7, 11) is 0. The van der Waals surface area contributed by atoms with E-state index >= 15 is 0 Å². The standard InChI is InChI=1S/C11H7Cl2NO3.C3H6/c1-5-2-3-6-7(4-5)10(15)14(13)9(8(6)12)11(16)17;1-2-3-1/h2-4H,1H3,(H,16,17);1-3H2. The summed E-state index contributed by atoms with van der Waals surface area (Å²) in [6.45, 7) is 1.82. The number of aromatic carboxylic acids is 1. The molecule has 0 radical (unpaired) electrons. The molecule has 0 atom stereocenters. The summed E-state index contributed by atoms with van der Waals surface area (Å²) >= 11 is 11.6. The van der Waals surface area contributed by atoms with Gasteiger partial charge in [0.25, 0.3) is 5.56 Å². The van der Waals surface area contributed by atoms with Gasteiger partial charge in [-0.15, -0.1) is 0 Å². The fourth-order valence-electron chi connectivity index (χ4n) is 1.63. The molecule has 3 rings (SSSR count). The highest BCUT2D eigenvalue weighted by molar-refractivity contribution is 6.39. The van der Waals surface area contributed by atoms with Gasteiger partial charge in [-0.25, -0.2) is 8.88 Å². The molecule has 1 aliphatic carbocycles. The number of hydrogen-bond donors (Lipinski definition) is 1. The van der Waals surface area contributed by atoms with E-state index in [1.54, 1.807) is 18.2 Å². The van der Waals surface area contributed by atoms with Gasteiger partial charge in [-0.2, -0.15) is 0 Å². The van der Waals surface area contributed by atoms with Gasteiger partial charge in [0.15, 0.2) is 5.69 Å². The second-order valence-corrected chi connectivity index (χ2v) is 5.38. The van der Waals surface area contributed by atoms with Crippen molar-refractivity contribution < 1.29 is 9.90 Å². The smallest absolute Gasteiger partial charge is 0.355 e. The van der Waals surface area contributed by atoms with Crippen LogP contribution in [0.25, 0.3) is 10.8 Å². The van der Waals surface area contributed by atoms with Gasteiger partial charge in [0.2, 0.25) is 0 Å². The van der Waals surface area contributed by atoms with Crippen molar-refractivity contribution >= 4 is 40.1 Å². The Balaban J connectivity index is 0.000000432. The largest absolute Gasteiger partial charge is 0.476 e. The molecule has 1 saturated carbocycles. The van der Waals surface area contributed by atoms with E-state index in [0.29, 0.717) is 14.9 Å². The lowest BCUT2D eigenvalue weighted by Crippen LogP contribution is -2.20. The Labute approximate surface area is 125 Å². The van der Waals surface area contributed by atoms with Crippen LogP contribution in [0.4, 0.5) is 0 Å². The third-order valence-corrected chi connectivity index (χ3v) is 3.49. The first-order chi connectivity index (χ1) is 9.43. The first kappa shape index (κ1) is 14.9. The molecule has 4 nitrogen and oxygen atoms in total. The Morgan fingerprint density at radius 2 is 1.85 bits per heavy atom. The van der Waals surface area contributed by atoms with E-state index in [2.05, 4.69) is 0 Å². The minimum Gasteiger partial charge on any atom is -0.476 e. The fraction of sp³-hybridized carbons (Fsp3) is 0.286.